The van der Waals surface area contributed by atoms with Gasteiger partial charge in [-0.05, 0) is 42.8 Å². The van der Waals surface area contributed by atoms with Gasteiger partial charge >= 0.3 is 0 Å². The van der Waals surface area contributed by atoms with E-state index in [0.29, 0.717) is 36.0 Å². The van der Waals surface area contributed by atoms with E-state index in [-0.39, 0.29) is 42.1 Å². The molecular formula is C22H24N2O7S. The highest BCUT2D eigenvalue weighted by molar-refractivity contribution is 7.89. The number of hydrogen-bond acceptors (Lipinski definition) is 7. The fourth-order valence-corrected chi connectivity index (χ4v) is 5.00. The number of H-pyrrole nitrogens is 1. The second-order valence-corrected chi connectivity index (χ2v) is 9.24. The molecule has 0 amide bonds. The Morgan fingerprint density at radius 3 is 2.62 bits per heavy atom. The van der Waals surface area contributed by atoms with Crippen LogP contribution in [0.5, 0.6) is 17.2 Å². The second kappa shape index (κ2) is 9.19. The zero-order valence-corrected chi connectivity index (χ0v) is 18.4. The van der Waals surface area contributed by atoms with Gasteiger partial charge in [0.1, 0.15) is 19.0 Å². The summed E-state index contributed by atoms with van der Waals surface area (Å²) in [6.07, 6.45) is 0.225. The largest absolute Gasteiger partial charge is 0.497 e. The van der Waals surface area contributed by atoms with Crippen LogP contribution >= 0.6 is 0 Å². The third-order valence-corrected chi connectivity index (χ3v) is 7.03. The highest BCUT2D eigenvalue weighted by atomic mass is 32.2. The van der Waals surface area contributed by atoms with Crippen molar-refractivity contribution < 1.29 is 27.7 Å². The van der Waals surface area contributed by atoms with Crippen LogP contribution in [0.15, 0.2) is 52.2 Å². The molecule has 2 heterocycles. The van der Waals surface area contributed by atoms with Crippen molar-refractivity contribution in [3.05, 3.63) is 58.4 Å². The predicted octanol–water partition coefficient (Wildman–Crippen LogP) is 1.88. The fraction of sp³-hybridized carbons (Fsp3) is 0.318. The van der Waals surface area contributed by atoms with Gasteiger partial charge in [-0.2, -0.15) is 4.31 Å². The lowest BCUT2D eigenvalue weighted by Crippen LogP contribution is -2.34. The number of aliphatic hydroxyl groups excluding tert-OH is 1. The number of methoxy groups -OCH3 is 1. The minimum absolute atomic E-state index is 0.0265. The van der Waals surface area contributed by atoms with Crippen LogP contribution in [0.2, 0.25) is 0 Å². The van der Waals surface area contributed by atoms with Gasteiger partial charge in [-0.3, -0.25) is 4.79 Å². The Kier molecular flexibility index (Phi) is 6.35. The van der Waals surface area contributed by atoms with Gasteiger partial charge in [0.2, 0.25) is 10.0 Å². The molecule has 0 fully saturated rings. The second-order valence-electron chi connectivity index (χ2n) is 7.30. The maximum Gasteiger partial charge on any atom is 0.252 e. The van der Waals surface area contributed by atoms with E-state index in [9.17, 15) is 18.3 Å². The predicted molar refractivity (Wildman–Crippen MR) is 118 cm³/mol. The van der Waals surface area contributed by atoms with E-state index in [1.165, 1.54) is 16.4 Å². The van der Waals surface area contributed by atoms with Gasteiger partial charge in [0.25, 0.3) is 5.56 Å². The van der Waals surface area contributed by atoms with Crippen LogP contribution in [0, 0.1) is 0 Å². The number of nitrogens with zero attached hydrogens (tertiary/aromatic N) is 1. The van der Waals surface area contributed by atoms with Crippen molar-refractivity contribution in [2.45, 2.75) is 17.9 Å². The molecule has 0 aliphatic carbocycles. The lowest BCUT2D eigenvalue weighted by Gasteiger charge is -2.24. The number of nitrogens with one attached hydrogen (secondary N) is 1. The number of aliphatic hydroxyl groups is 1. The van der Waals surface area contributed by atoms with E-state index in [1.54, 1.807) is 37.4 Å². The Morgan fingerprint density at radius 2 is 1.88 bits per heavy atom. The van der Waals surface area contributed by atoms with Crippen LogP contribution in [-0.2, 0) is 16.6 Å². The van der Waals surface area contributed by atoms with Crippen LogP contribution in [-0.4, -0.2) is 56.3 Å². The van der Waals surface area contributed by atoms with Gasteiger partial charge < -0.3 is 24.3 Å². The molecule has 0 bridgehead atoms. The molecule has 0 unspecified atom stereocenters. The number of ether oxygens (including phenoxy) is 3. The Balaban J connectivity index is 1.71. The van der Waals surface area contributed by atoms with Crippen LogP contribution in [0.3, 0.4) is 0 Å². The number of rotatable bonds is 8. The van der Waals surface area contributed by atoms with Gasteiger partial charge in [0.15, 0.2) is 11.5 Å². The van der Waals surface area contributed by atoms with Crippen LogP contribution in [0.1, 0.15) is 12.0 Å². The Hall–Kier alpha value is -3.08. The average molecular weight is 461 g/mol. The number of sulfonamides is 1. The molecule has 1 aliphatic heterocycles. The minimum atomic E-state index is -3.98. The normalized spacial score (nSPS) is 13.5. The van der Waals surface area contributed by atoms with E-state index in [4.69, 9.17) is 14.2 Å². The standard InChI is InChI=1S/C22H24N2O7S/c1-29-17-3-5-19-15(12-17)11-16(22(26)23-19)14-24(7-2-8-25)32(27,28)18-4-6-20-21(13-18)31-10-9-30-20/h3-6,11-13,25H,2,7-10,14H2,1H3,(H,23,26). The first-order valence-corrected chi connectivity index (χ1v) is 11.6. The lowest BCUT2D eigenvalue weighted by atomic mass is 10.1. The number of aromatic nitrogens is 1. The van der Waals surface area contributed by atoms with E-state index in [0.717, 1.165) is 5.39 Å². The van der Waals surface area contributed by atoms with E-state index < -0.39 is 10.0 Å². The third kappa shape index (κ3) is 4.43. The molecule has 170 valence electrons. The van der Waals surface area contributed by atoms with Crippen LogP contribution < -0.4 is 19.8 Å². The number of fused-ring (bicyclic) bond motifs is 2. The average Bonchev–Trinajstić information content (AvgIpc) is 2.81. The first-order chi connectivity index (χ1) is 15.4. The number of benzene rings is 2. The zero-order valence-electron chi connectivity index (χ0n) is 17.5. The summed E-state index contributed by atoms with van der Waals surface area (Å²) in [5, 5.41) is 10.0. The molecule has 4 rings (SSSR count). The van der Waals surface area contributed by atoms with Crippen molar-refractivity contribution in [3.63, 3.8) is 0 Å². The molecule has 1 aliphatic rings. The molecule has 2 N–H and O–H groups in total. The van der Waals surface area contributed by atoms with Crippen molar-refractivity contribution in [3.8, 4) is 17.2 Å². The molecule has 0 atom stereocenters. The molecular weight excluding hydrogens is 436 g/mol. The summed E-state index contributed by atoms with van der Waals surface area (Å²) in [6, 6.07) is 11.3. The molecule has 3 aromatic rings. The SMILES string of the molecule is COc1ccc2[nH]c(=O)c(CN(CCCO)S(=O)(=O)c3ccc4c(c3)OCCO4)cc2c1. The van der Waals surface area contributed by atoms with Crippen LogP contribution in [0.25, 0.3) is 10.9 Å². The van der Waals surface area contributed by atoms with Crippen LogP contribution in [0.4, 0.5) is 0 Å². The smallest absolute Gasteiger partial charge is 0.252 e. The zero-order chi connectivity index (χ0) is 22.7. The molecule has 9 nitrogen and oxygen atoms in total. The van der Waals surface area contributed by atoms with Gasteiger partial charge in [-0.25, -0.2) is 8.42 Å². The molecule has 0 radical (unpaired) electrons. The first kappa shape index (κ1) is 22.1. The molecule has 32 heavy (non-hydrogen) atoms. The maximum atomic E-state index is 13.4. The van der Waals surface area contributed by atoms with Crippen molar-refractivity contribution in [2.75, 3.05) is 33.5 Å². The van der Waals surface area contributed by atoms with Gasteiger partial charge in [0.05, 0.1) is 12.0 Å². The van der Waals surface area contributed by atoms with E-state index in [2.05, 4.69) is 4.98 Å². The summed E-state index contributed by atoms with van der Waals surface area (Å²) >= 11 is 0. The monoisotopic (exact) mass is 460 g/mol. The topological polar surface area (TPSA) is 118 Å². The quantitative estimate of drug-likeness (QED) is 0.527. The van der Waals surface area contributed by atoms with E-state index >= 15 is 0 Å². The summed E-state index contributed by atoms with van der Waals surface area (Å²) < 4.78 is 44.2. The molecule has 0 saturated carbocycles. The summed E-state index contributed by atoms with van der Waals surface area (Å²) in [7, 11) is -2.43. The number of hydrogen-bond donors (Lipinski definition) is 2. The number of pyridine rings is 1. The van der Waals surface area contributed by atoms with E-state index in [1.807, 2.05) is 0 Å². The molecule has 0 saturated heterocycles. The highest BCUT2D eigenvalue weighted by Gasteiger charge is 2.27. The number of aromatic amines is 1. The van der Waals surface area contributed by atoms with Crippen molar-refractivity contribution in [2.24, 2.45) is 0 Å². The lowest BCUT2D eigenvalue weighted by molar-refractivity contribution is 0.171. The summed E-state index contributed by atoms with van der Waals surface area (Å²) in [6.45, 7) is 0.443. The first-order valence-electron chi connectivity index (χ1n) is 10.1. The third-order valence-electron chi connectivity index (χ3n) is 5.19. The van der Waals surface area contributed by atoms with Crippen molar-refractivity contribution in [1.82, 2.24) is 9.29 Å². The van der Waals surface area contributed by atoms with Crippen molar-refractivity contribution >= 4 is 20.9 Å². The minimum Gasteiger partial charge on any atom is -0.497 e. The molecule has 10 heteroatoms. The van der Waals surface area contributed by atoms with Gasteiger partial charge in [-0.15, -0.1) is 0 Å². The maximum absolute atomic E-state index is 13.4. The Morgan fingerprint density at radius 1 is 1.09 bits per heavy atom. The highest BCUT2D eigenvalue weighted by Crippen LogP contribution is 2.33. The Bertz CT molecular complexity index is 1290. The summed E-state index contributed by atoms with van der Waals surface area (Å²) in [5.41, 5.74) is 0.523. The summed E-state index contributed by atoms with van der Waals surface area (Å²) in [5.74, 6) is 1.46. The molecule has 1 aromatic heterocycles. The summed E-state index contributed by atoms with van der Waals surface area (Å²) in [4.78, 5) is 15.5. The van der Waals surface area contributed by atoms with Gasteiger partial charge in [0, 0.05) is 42.2 Å². The molecule has 0 spiro atoms. The van der Waals surface area contributed by atoms with Crippen molar-refractivity contribution in [1.29, 1.82) is 0 Å². The van der Waals surface area contributed by atoms with Gasteiger partial charge in [-0.1, -0.05) is 0 Å². The molecule has 2 aromatic carbocycles. The fourth-order valence-electron chi connectivity index (χ4n) is 3.53. The Labute approximate surface area is 185 Å².